The number of pyridine rings is 1. The fourth-order valence-electron chi connectivity index (χ4n) is 3.49. The second-order valence-corrected chi connectivity index (χ2v) is 7.39. The number of imidazole rings is 1. The van der Waals surface area contributed by atoms with E-state index in [9.17, 15) is 0 Å². The van der Waals surface area contributed by atoms with Crippen molar-refractivity contribution in [2.24, 2.45) is 7.05 Å². The van der Waals surface area contributed by atoms with E-state index in [1.165, 1.54) is 33.8 Å². The highest BCUT2D eigenvalue weighted by atomic mass is 15.1. The van der Waals surface area contributed by atoms with Crippen LogP contribution in [0.2, 0.25) is 0 Å². The molecule has 0 amide bonds. The highest BCUT2D eigenvalue weighted by Crippen LogP contribution is 2.33. The molecule has 0 unspecified atom stereocenters. The molecule has 0 saturated heterocycles. The average Bonchev–Trinajstić information content (AvgIpc) is 2.95. The molecule has 0 N–H and O–H groups in total. The summed E-state index contributed by atoms with van der Waals surface area (Å²) < 4.78 is 4.55. The molecule has 0 atom stereocenters. The highest BCUT2D eigenvalue weighted by Gasteiger charge is 2.26. The molecule has 0 saturated carbocycles. The van der Waals surface area contributed by atoms with E-state index >= 15 is 0 Å². The van der Waals surface area contributed by atoms with Gasteiger partial charge >= 0.3 is 0 Å². The molecular weight excluding hydrogens is 306 g/mol. The molecular formula is C22H28N3+. The fourth-order valence-corrected chi connectivity index (χ4v) is 3.49. The molecule has 0 aliphatic heterocycles. The van der Waals surface area contributed by atoms with E-state index in [4.69, 9.17) is 0 Å². The predicted octanol–water partition coefficient (Wildman–Crippen LogP) is 4.92. The summed E-state index contributed by atoms with van der Waals surface area (Å²) >= 11 is 0. The monoisotopic (exact) mass is 334 g/mol. The molecule has 3 rings (SSSR count). The lowest BCUT2D eigenvalue weighted by Gasteiger charge is -2.18. The second kappa shape index (κ2) is 6.83. The Morgan fingerprint density at radius 2 is 1.64 bits per heavy atom. The molecule has 0 fully saturated rings. The van der Waals surface area contributed by atoms with Crippen LogP contribution < -0.4 is 4.57 Å². The maximum Gasteiger partial charge on any atom is 0.294 e. The van der Waals surface area contributed by atoms with Crippen molar-refractivity contribution in [2.75, 3.05) is 0 Å². The van der Waals surface area contributed by atoms with Crippen LogP contribution in [0, 0.1) is 6.92 Å². The normalized spacial score (nSPS) is 11.5. The highest BCUT2D eigenvalue weighted by molar-refractivity contribution is 5.62. The lowest BCUT2D eigenvalue weighted by Crippen LogP contribution is -2.29. The Bertz CT molecular complexity index is 862. The summed E-state index contributed by atoms with van der Waals surface area (Å²) in [5.41, 5.74) is 6.49. The van der Waals surface area contributed by atoms with Crippen molar-refractivity contribution >= 4 is 0 Å². The molecule has 3 nitrogen and oxygen atoms in total. The van der Waals surface area contributed by atoms with E-state index in [0.29, 0.717) is 11.8 Å². The first-order valence-electron chi connectivity index (χ1n) is 9.03. The van der Waals surface area contributed by atoms with E-state index < -0.39 is 0 Å². The molecule has 0 spiro atoms. The third-order valence-electron chi connectivity index (χ3n) is 4.85. The van der Waals surface area contributed by atoms with E-state index in [-0.39, 0.29) is 0 Å². The summed E-state index contributed by atoms with van der Waals surface area (Å²) in [5.74, 6) is 2.12. The minimum absolute atomic E-state index is 0.466. The lowest BCUT2D eigenvalue weighted by molar-refractivity contribution is -0.659. The van der Waals surface area contributed by atoms with E-state index in [0.717, 1.165) is 0 Å². The predicted molar refractivity (Wildman–Crippen MR) is 103 cm³/mol. The van der Waals surface area contributed by atoms with Crippen LogP contribution in [0.25, 0.3) is 17.1 Å². The quantitative estimate of drug-likeness (QED) is 0.621. The van der Waals surface area contributed by atoms with Crippen LogP contribution in [0.5, 0.6) is 0 Å². The first-order chi connectivity index (χ1) is 11.9. The van der Waals surface area contributed by atoms with Gasteiger partial charge in [0.2, 0.25) is 0 Å². The number of hydrogen-bond donors (Lipinski definition) is 0. The van der Waals surface area contributed by atoms with Crippen LogP contribution >= 0.6 is 0 Å². The average molecular weight is 334 g/mol. The van der Waals surface area contributed by atoms with Gasteiger partial charge in [0.25, 0.3) is 5.82 Å². The summed E-state index contributed by atoms with van der Waals surface area (Å²) in [6, 6.07) is 8.81. The van der Waals surface area contributed by atoms with Crippen molar-refractivity contribution < 1.29 is 4.57 Å². The first kappa shape index (κ1) is 17.4. The summed E-state index contributed by atoms with van der Waals surface area (Å²) in [5, 5.41) is 0. The number of benzene rings is 1. The number of hydrogen-bond acceptors (Lipinski definition) is 1. The van der Waals surface area contributed by atoms with Gasteiger partial charge in [0.1, 0.15) is 18.1 Å². The molecule has 2 heterocycles. The first-order valence-corrected chi connectivity index (χ1v) is 9.03. The zero-order chi connectivity index (χ0) is 18.1. The Morgan fingerprint density at radius 1 is 1.00 bits per heavy atom. The van der Waals surface area contributed by atoms with E-state index in [1.54, 1.807) is 0 Å². The number of aryl methyl sites for hydroxylation is 2. The maximum atomic E-state index is 4.26. The van der Waals surface area contributed by atoms with Crippen molar-refractivity contribution in [3.05, 3.63) is 65.7 Å². The smallest absolute Gasteiger partial charge is 0.264 e. The minimum atomic E-state index is 0.466. The van der Waals surface area contributed by atoms with Gasteiger partial charge in [-0.15, -0.1) is 0 Å². The fraction of sp³-hybridized carbons (Fsp3) is 0.364. The third-order valence-corrected chi connectivity index (χ3v) is 4.85. The molecule has 1 aromatic carbocycles. The lowest BCUT2D eigenvalue weighted by atomic mass is 9.92. The van der Waals surface area contributed by atoms with Gasteiger partial charge in [-0.1, -0.05) is 45.9 Å². The zero-order valence-electron chi connectivity index (χ0n) is 16.1. The number of aromatic nitrogens is 3. The Hall–Kier alpha value is -2.42. The summed E-state index contributed by atoms with van der Waals surface area (Å²) in [6.45, 7) is 11.2. The van der Waals surface area contributed by atoms with Gasteiger partial charge in [0, 0.05) is 23.5 Å². The van der Waals surface area contributed by atoms with Crippen LogP contribution in [0.4, 0.5) is 0 Å². The standard InChI is InChI=1S/C22H28N3/c1-15(2)18-8-7-9-19(16(3)4)21(18)25-13-12-24(6)22(25)20-10-11-23-14-17(20)5/h7-16H,1-6H3/q+1. The Kier molecular flexibility index (Phi) is 4.76. The molecule has 0 aliphatic rings. The molecule has 2 aromatic heterocycles. The van der Waals surface area contributed by atoms with Crippen LogP contribution in [0.15, 0.2) is 49.1 Å². The Balaban J connectivity index is 2.35. The van der Waals surface area contributed by atoms with Crippen LogP contribution in [0.1, 0.15) is 56.2 Å². The van der Waals surface area contributed by atoms with Gasteiger partial charge in [-0.25, -0.2) is 4.57 Å². The summed E-state index contributed by atoms with van der Waals surface area (Å²) in [4.78, 5) is 4.26. The molecule has 130 valence electrons. The van der Waals surface area contributed by atoms with Gasteiger partial charge in [-0.05, 0) is 30.4 Å². The molecule has 0 radical (unpaired) electrons. The maximum absolute atomic E-state index is 4.26. The van der Waals surface area contributed by atoms with Crippen molar-refractivity contribution in [3.63, 3.8) is 0 Å². The molecule has 0 aliphatic carbocycles. The van der Waals surface area contributed by atoms with E-state index in [2.05, 4.69) is 92.4 Å². The van der Waals surface area contributed by atoms with Crippen LogP contribution in [-0.2, 0) is 7.05 Å². The van der Waals surface area contributed by atoms with Gasteiger partial charge < -0.3 is 0 Å². The van der Waals surface area contributed by atoms with Gasteiger partial charge in [0.05, 0.1) is 12.6 Å². The molecule has 25 heavy (non-hydrogen) atoms. The number of rotatable bonds is 4. The van der Waals surface area contributed by atoms with Crippen molar-refractivity contribution in [1.82, 2.24) is 9.55 Å². The van der Waals surface area contributed by atoms with Gasteiger partial charge in [0.15, 0.2) is 0 Å². The van der Waals surface area contributed by atoms with Crippen molar-refractivity contribution in [3.8, 4) is 17.1 Å². The zero-order valence-corrected chi connectivity index (χ0v) is 16.1. The SMILES string of the molecule is Cc1cnccc1-c1n(-c2c(C(C)C)cccc2C(C)C)cc[n+]1C. The minimum Gasteiger partial charge on any atom is -0.264 e. The third kappa shape index (κ3) is 3.11. The summed E-state index contributed by atoms with van der Waals surface area (Å²) in [7, 11) is 2.11. The van der Waals surface area contributed by atoms with Gasteiger partial charge in [-0.2, -0.15) is 4.57 Å². The summed E-state index contributed by atoms with van der Waals surface area (Å²) in [6.07, 6.45) is 8.13. The van der Waals surface area contributed by atoms with Gasteiger partial charge in [-0.3, -0.25) is 4.98 Å². The second-order valence-electron chi connectivity index (χ2n) is 7.39. The van der Waals surface area contributed by atoms with E-state index in [1.807, 2.05) is 12.4 Å². The number of nitrogens with zero attached hydrogens (tertiary/aromatic N) is 3. The largest absolute Gasteiger partial charge is 0.294 e. The topological polar surface area (TPSA) is 21.7 Å². The molecule has 3 heteroatoms. The van der Waals surface area contributed by atoms with Crippen molar-refractivity contribution in [2.45, 2.75) is 46.5 Å². The number of para-hydroxylation sites is 1. The Morgan fingerprint density at radius 3 is 2.20 bits per heavy atom. The van der Waals surface area contributed by atoms with Crippen LogP contribution in [0.3, 0.4) is 0 Å². The molecule has 3 aromatic rings. The molecule has 0 bridgehead atoms. The Labute approximate surface area is 151 Å². The van der Waals surface area contributed by atoms with Crippen LogP contribution in [-0.4, -0.2) is 9.55 Å². The van der Waals surface area contributed by atoms with Crippen molar-refractivity contribution in [1.29, 1.82) is 0 Å².